The number of anilines is 1. The highest BCUT2D eigenvalue weighted by atomic mass is 35.5. The second kappa shape index (κ2) is 9.40. The van der Waals surface area contributed by atoms with Crippen LogP contribution in [0, 0.1) is 5.82 Å². The monoisotopic (exact) mass is 413 g/mol. The minimum atomic E-state index is -5.47. The zero-order chi connectivity index (χ0) is 20.7. The number of carbonyl (C=O) groups excluding carboxylic acids is 2. The zero-order valence-corrected chi connectivity index (χ0v) is 14.9. The van der Waals surface area contributed by atoms with Gasteiger partial charge in [0.25, 0.3) is 0 Å². The minimum Gasteiger partial charge on any atom is -0.464 e. The van der Waals surface area contributed by atoms with Crippen molar-refractivity contribution in [1.29, 1.82) is 0 Å². The number of carbonyl (C=O) groups is 2. The van der Waals surface area contributed by atoms with Crippen molar-refractivity contribution in [2.75, 3.05) is 12.4 Å². The number of nitrogens with one attached hydrogen (secondary N) is 2. The number of nitrogens with zero attached hydrogens (tertiary/aromatic N) is 1. The van der Waals surface area contributed by atoms with Crippen molar-refractivity contribution < 1.29 is 36.7 Å². The van der Waals surface area contributed by atoms with Crippen LogP contribution >= 0.6 is 11.6 Å². The van der Waals surface area contributed by atoms with Crippen molar-refractivity contribution in [2.45, 2.75) is 31.7 Å². The topological polar surface area (TPSA) is 89.0 Å². The van der Waals surface area contributed by atoms with Gasteiger partial charge >= 0.3 is 23.9 Å². The normalized spacial score (nSPS) is 14.1. The van der Waals surface area contributed by atoms with Crippen molar-refractivity contribution in [2.24, 2.45) is 5.16 Å². The molecule has 0 aliphatic carbocycles. The van der Waals surface area contributed by atoms with Gasteiger partial charge in [-0.3, -0.25) is 5.32 Å². The van der Waals surface area contributed by atoms with Crippen molar-refractivity contribution in [3.8, 4) is 0 Å². The predicted octanol–water partition coefficient (Wildman–Crippen LogP) is 3.75. The number of alkyl halides is 3. The van der Waals surface area contributed by atoms with E-state index in [4.69, 9.17) is 11.6 Å². The summed E-state index contributed by atoms with van der Waals surface area (Å²) in [6, 6.07) is 2.82. The first kappa shape index (κ1) is 22.5. The molecule has 0 aliphatic rings. The van der Waals surface area contributed by atoms with Crippen molar-refractivity contribution in [1.82, 2.24) is 5.32 Å². The van der Waals surface area contributed by atoms with Gasteiger partial charge in [-0.2, -0.15) is 13.2 Å². The highest BCUT2D eigenvalue weighted by molar-refractivity contribution is 6.65. The number of halogens is 5. The molecule has 0 spiro atoms. The van der Waals surface area contributed by atoms with Gasteiger partial charge in [0.05, 0.1) is 7.11 Å². The van der Waals surface area contributed by atoms with Gasteiger partial charge in [-0.25, -0.2) is 14.0 Å². The lowest BCUT2D eigenvalue weighted by Crippen LogP contribution is -2.66. The van der Waals surface area contributed by atoms with E-state index in [0.717, 1.165) is 12.1 Å². The molecule has 0 radical (unpaired) electrons. The molecule has 0 saturated carbocycles. The fraction of sp³-hybridized carbons (Fsp3) is 0.400. The van der Waals surface area contributed by atoms with Gasteiger partial charge in [0.15, 0.2) is 0 Å². The summed E-state index contributed by atoms with van der Waals surface area (Å²) in [7, 11) is 0.662. The average molecular weight is 414 g/mol. The number of urea groups is 1. The second-order valence-electron chi connectivity index (χ2n) is 5.07. The first-order chi connectivity index (χ1) is 12.6. The number of benzene rings is 1. The molecule has 27 heavy (non-hydrogen) atoms. The van der Waals surface area contributed by atoms with Gasteiger partial charge in [-0.05, 0) is 24.6 Å². The molecule has 0 aromatic heterocycles. The summed E-state index contributed by atoms with van der Waals surface area (Å²) in [6.45, 7) is 1.68. The van der Waals surface area contributed by atoms with Crippen LogP contribution in [0.5, 0.6) is 0 Å². The van der Waals surface area contributed by atoms with E-state index in [1.54, 1.807) is 6.92 Å². The van der Waals surface area contributed by atoms with Gasteiger partial charge in [-0.15, -0.1) is 0 Å². The number of hydrogen-bond acceptors (Lipinski definition) is 5. The molecule has 0 saturated heterocycles. The van der Waals surface area contributed by atoms with E-state index in [0.29, 0.717) is 13.5 Å². The smallest absolute Gasteiger partial charge is 0.463 e. The minimum absolute atomic E-state index is 0.0755. The Balaban J connectivity index is 3.17. The van der Waals surface area contributed by atoms with E-state index in [-0.39, 0.29) is 17.3 Å². The Bertz CT molecular complexity index is 715. The zero-order valence-electron chi connectivity index (χ0n) is 14.2. The first-order valence-corrected chi connectivity index (χ1v) is 7.84. The Hall–Kier alpha value is -2.56. The molecule has 0 heterocycles. The highest BCUT2D eigenvalue weighted by Crippen LogP contribution is 2.33. The maximum atomic E-state index is 13.6. The molecule has 2 amide bonds. The molecule has 2 N–H and O–H groups in total. The molecule has 1 aromatic carbocycles. The van der Waals surface area contributed by atoms with Crippen LogP contribution in [0.25, 0.3) is 0 Å². The number of esters is 1. The molecule has 0 fully saturated rings. The maximum Gasteiger partial charge on any atom is 0.463 e. The van der Waals surface area contributed by atoms with Gasteiger partial charge in [0.2, 0.25) is 0 Å². The molecule has 1 rings (SSSR count). The summed E-state index contributed by atoms with van der Waals surface area (Å²) < 4.78 is 57.9. The molecule has 12 heteroatoms. The molecule has 150 valence electrons. The lowest BCUT2D eigenvalue weighted by Gasteiger charge is -2.30. The van der Waals surface area contributed by atoms with E-state index < -0.39 is 29.7 Å². The summed E-state index contributed by atoms with van der Waals surface area (Å²) in [6.07, 6.45) is -4.95. The fourth-order valence-corrected chi connectivity index (χ4v) is 1.98. The first-order valence-electron chi connectivity index (χ1n) is 7.46. The Kier molecular flexibility index (Phi) is 7.82. The number of methoxy groups -OCH3 is 1. The van der Waals surface area contributed by atoms with Gasteiger partial charge in [0, 0.05) is 12.1 Å². The molecule has 0 bridgehead atoms. The number of oxime groups is 1. The second-order valence-corrected chi connectivity index (χ2v) is 5.51. The molecular weight excluding hydrogens is 398 g/mol. The fourth-order valence-electron chi connectivity index (χ4n) is 1.75. The van der Waals surface area contributed by atoms with E-state index in [1.165, 1.54) is 17.4 Å². The van der Waals surface area contributed by atoms with Crippen molar-refractivity contribution >= 4 is 34.5 Å². The standard InChI is InChI=1S/C15H16ClF4N3O4/c1-3-5-11(16)23-27-14(12(24)26-2,15(18,19)20)22-13(25)21-10-7-4-6-9(17)8-10/h4,6-8H,3,5H2,1-2H3,(H2,21,22,25)/b23-11-/t14-/m0/s1. The maximum absolute atomic E-state index is 13.6. The highest BCUT2D eigenvalue weighted by Gasteiger charge is 2.67. The summed E-state index contributed by atoms with van der Waals surface area (Å²) in [5, 5.41) is 5.97. The van der Waals surface area contributed by atoms with E-state index in [1.807, 2.05) is 5.32 Å². The molecule has 1 atom stereocenters. The van der Waals surface area contributed by atoms with Crippen LogP contribution < -0.4 is 10.6 Å². The van der Waals surface area contributed by atoms with Crippen LogP contribution in [0.3, 0.4) is 0 Å². The number of ether oxygens (including phenoxy) is 1. The lowest BCUT2D eigenvalue weighted by molar-refractivity contribution is -0.283. The third-order valence-electron chi connectivity index (χ3n) is 2.98. The Morgan fingerprint density at radius 1 is 1.30 bits per heavy atom. The average Bonchev–Trinajstić information content (AvgIpc) is 2.57. The summed E-state index contributed by atoms with van der Waals surface area (Å²) in [5.41, 5.74) is -4.13. The lowest BCUT2D eigenvalue weighted by atomic mass is 10.2. The van der Waals surface area contributed by atoms with Gasteiger partial charge in [0.1, 0.15) is 11.0 Å². The summed E-state index contributed by atoms with van der Waals surface area (Å²) in [4.78, 5) is 28.1. The number of hydrogen-bond donors (Lipinski definition) is 2. The SMILES string of the molecule is CCC/C(Cl)=N/O[C@@](NC(=O)Nc1cccc(F)c1)(C(=O)OC)C(F)(F)F. The van der Waals surface area contributed by atoms with Crippen LogP contribution in [-0.4, -0.2) is 36.2 Å². The van der Waals surface area contributed by atoms with Gasteiger partial charge in [-0.1, -0.05) is 29.7 Å². The Morgan fingerprint density at radius 2 is 1.96 bits per heavy atom. The van der Waals surface area contributed by atoms with Gasteiger partial charge < -0.3 is 14.9 Å². The van der Waals surface area contributed by atoms with Crippen LogP contribution in [-0.2, 0) is 14.4 Å². The Morgan fingerprint density at radius 3 is 2.48 bits per heavy atom. The molecule has 0 unspecified atom stereocenters. The molecular formula is C15H16ClF4N3O4. The summed E-state index contributed by atoms with van der Waals surface area (Å²) >= 11 is 5.60. The largest absolute Gasteiger partial charge is 0.464 e. The molecule has 0 aliphatic heterocycles. The molecule has 1 aromatic rings. The van der Waals surface area contributed by atoms with Crippen LogP contribution in [0.4, 0.5) is 28.0 Å². The quantitative estimate of drug-likeness (QED) is 0.234. The van der Waals surface area contributed by atoms with Crippen molar-refractivity contribution in [3.63, 3.8) is 0 Å². The van der Waals surface area contributed by atoms with Crippen LogP contribution in [0.1, 0.15) is 19.8 Å². The predicted molar refractivity (Wildman–Crippen MR) is 88.6 cm³/mol. The number of amides is 2. The van der Waals surface area contributed by atoms with Crippen LogP contribution in [0.2, 0.25) is 0 Å². The third kappa shape index (κ3) is 5.98. The molecule has 7 nitrogen and oxygen atoms in total. The Labute approximate surface area is 156 Å². The number of rotatable bonds is 7. The van der Waals surface area contributed by atoms with E-state index >= 15 is 0 Å². The summed E-state index contributed by atoms with van der Waals surface area (Å²) in [5.74, 6) is -2.73. The third-order valence-corrected chi connectivity index (χ3v) is 3.24. The van der Waals surface area contributed by atoms with Crippen molar-refractivity contribution in [3.05, 3.63) is 30.1 Å². The van der Waals surface area contributed by atoms with Crippen LogP contribution in [0.15, 0.2) is 29.4 Å². The van der Waals surface area contributed by atoms with E-state index in [2.05, 4.69) is 14.7 Å². The van der Waals surface area contributed by atoms with E-state index in [9.17, 15) is 27.2 Å².